The fourth-order valence-corrected chi connectivity index (χ4v) is 15.0. The maximum Gasteiger partial charge on any atom is 0.296 e. The number of hydrogen-bond donors (Lipinski definition) is 16. The van der Waals surface area contributed by atoms with Crippen molar-refractivity contribution in [1.82, 2.24) is 0 Å². The lowest BCUT2D eigenvalue weighted by atomic mass is 9.49. The topological polar surface area (TPSA) is 586 Å². The van der Waals surface area contributed by atoms with E-state index in [2.05, 4.69) is 103 Å². The largest absolute Gasteiger partial charge is 0.505 e. The van der Waals surface area contributed by atoms with Gasteiger partial charge < -0.3 is 62.7 Å². The predicted octanol–water partition coefficient (Wildman–Crippen LogP) is 31.9. The number of phenols is 2. The molecule has 5 radical (unpaired) electrons. The number of phenolic OH excluding ortho intramolecular Hbond substituents is 2. The first kappa shape index (κ1) is 126. The maximum atomic E-state index is 12.4. The summed E-state index contributed by atoms with van der Waals surface area (Å²) >= 11 is 0. The van der Waals surface area contributed by atoms with Gasteiger partial charge in [-0.05, 0) is 142 Å². The van der Waals surface area contributed by atoms with Crippen molar-refractivity contribution in [3.05, 3.63) is 231 Å². The zero-order chi connectivity index (χ0) is 106. The Balaban J connectivity index is 0.00000182. The van der Waals surface area contributed by atoms with Gasteiger partial charge in [-0.1, -0.05) is 304 Å². The van der Waals surface area contributed by atoms with E-state index in [1.807, 2.05) is 141 Å². The first-order valence-corrected chi connectivity index (χ1v) is 52.9. The molecule has 43 heteroatoms. The summed E-state index contributed by atoms with van der Waals surface area (Å²) in [6, 6.07) is 60.1. The summed E-state index contributed by atoms with van der Waals surface area (Å²) in [4.78, 5) is -4.00. The van der Waals surface area contributed by atoms with E-state index in [9.17, 15) is 90.1 Å². The molecule has 0 fully saturated rings. The van der Waals surface area contributed by atoms with Crippen LogP contribution < -0.4 is 22.4 Å². The fraction of sp³-hybridized carbons (Fsp3) is 0.263. The molecule has 0 unspecified atom stereocenters. The van der Waals surface area contributed by atoms with E-state index in [0.29, 0.717) is 34.1 Å². The minimum atomic E-state index is -4.95. The molecule has 0 saturated heterocycles. The third-order valence-corrected chi connectivity index (χ3v) is 21.3. The van der Waals surface area contributed by atoms with Crippen LogP contribution in [0.15, 0.2) is 321 Å². The monoisotopic (exact) mass is 2010 g/mol. The SMILES string of the molecule is CC.CC.CC.CC.CC.CC.CC.CC.CCC.CCC.CCC.Nc1c(N=Nc2ccccc2)c(S(=O)(=O)O)cc2cc(S(O)(O)O)c(N=Nc3ccccc3)c(O)c12.Nc1c(N=Nc2ccccc2)c(S(O)(O)O)cc2cc(S(=O)(=O)O)c(N=Nc3ccccc3)c(O)c12.[B][B]c1c(N=Nc2ccccc2)c(S(=O)(=O)O)cc2cc(S(O)(O)O)c(N=Nc3ccc4ccccc4c3)c([B])c12. The Morgan fingerprint density at radius 2 is 0.478 bits per heavy atom. The Morgan fingerprint density at radius 3 is 0.775 bits per heavy atom. The van der Waals surface area contributed by atoms with Crippen LogP contribution >= 0.6 is 32.6 Å². The molecule has 0 amide bonds. The van der Waals surface area contributed by atoms with Gasteiger partial charge in [0.25, 0.3) is 30.4 Å². The average Bonchev–Trinajstić information content (AvgIpc) is 0.745. The number of hydrogen-bond acceptors (Lipinski definition) is 31. The fourth-order valence-electron chi connectivity index (χ4n) is 10.9. The number of rotatable bonds is 19. The van der Waals surface area contributed by atoms with Crippen LogP contribution in [-0.2, 0) is 30.4 Å². The summed E-state index contributed by atoms with van der Waals surface area (Å²) in [5.74, 6) is -1.53. The molecule has 0 spiro atoms. The van der Waals surface area contributed by atoms with Crippen molar-refractivity contribution < 1.29 is 90.1 Å². The van der Waals surface area contributed by atoms with Gasteiger partial charge in [0.2, 0.25) is 0 Å². The van der Waals surface area contributed by atoms with Crippen LogP contribution in [0.3, 0.4) is 0 Å². The van der Waals surface area contributed by atoms with E-state index in [0.717, 1.165) is 54.3 Å². The Hall–Kier alpha value is -11.7. The summed E-state index contributed by atoms with van der Waals surface area (Å²) in [5.41, 5.74) is 10.9. The van der Waals surface area contributed by atoms with Gasteiger partial charge in [-0.3, -0.25) is 13.7 Å². The molecule has 138 heavy (non-hydrogen) atoms. The zero-order valence-corrected chi connectivity index (χ0v) is 86.4. The van der Waals surface area contributed by atoms with Crippen LogP contribution in [-0.4, -0.2) is 113 Å². The summed E-state index contributed by atoms with van der Waals surface area (Å²) in [6.45, 7) is 44.8. The normalized spacial score (nSPS) is 11.4. The zero-order valence-electron chi connectivity index (χ0n) is 81.5. The maximum absolute atomic E-state index is 12.4. The highest BCUT2D eigenvalue weighted by molar-refractivity contribution is 8.20. The minimum absolute atomic E-state index is 0.0147. The van der Waals surface area contributed by atoms with Gasteiger partial charge in [-0.15, -0.1) is 30.7 Å². The van der Waals surface area contributed by atoms with Gasteiger partial charge in [0, 0.05) is 7.74 Å². The first-order valence-electron chi connectivity index (χ1n) is 44.1. The summed E-state index contributed by atoms with van der Waals surface area (Å²) < 4.78 is 193. The van der Waals surface area contributed by atoms with Crippen molar-refractivity contribution in [2.45, 2.75) is 201 Å². The quantitative estimate of drug-likeness (QED) is 0.0155. The van der Waals surface area contributed by atoms with Crippen LogP contribution in [0.25, 0.3) is 43.1 Å². The van der Waals surface area contributed by atoms with Gasteiger partial charge in [-0.2, -0.15) is 55.9 Å². The van der Waals surface area contributed by atoms with Gasteiger partial charge in [0.05, 0.1) is 83.8 Å². The van der Waals surface area contributed by atoms with E-state index in [4.69, 9.17) is 27.1 Å². The molecule has 0 aliphatic rings. The Labute approximate surface area is 819 Å². The Bertz CT molecular complexity index is 6240. The van der Waals surface area contributed by atoms with Gasteiger partial charge in [0.15, 0.2) is 11.5 Å². The van der Waals surface area contributed by atoms with E-state index in [-0.39, 0.29) is 66.0 Å². The molecule has 0 saturated carbocycles. The highest BCUT2D eigenvalue weighted by Crippen LogP contribution is 2.59. The molecule has 743 valence electrons. The van der Waals surface area contributed by atoms with Crippen LogP contribution in [0.4, 0.5) is 79.6 Å². The average molecular weight is 2010 g/mol. The van der Waals surface area contributed by atoms with Gasteiger partial charge in [0.1, 0.15) is 83.6 Å². The van der Waals surface area contributed by atoms with Crippen LogP contribution in [0, 0.1) is 0 Å². The van der Waals surface area contributed by atoms with E-state index in [1.54, 1.807) is 164 Å². The highest BCUT2D eigenvalue weighted by Gasteiger charge is 2.33. The van der Waals surface area contributed by atoms with Crippen molar-refractivity contribution in [2.75, 3.05) is 11.5 Å². The number of fused-ring (bicyclic) bond motifs is 4. The van der Waals surface area contributed by atoms with Crippen molar-refractivity contribution in [3.63, 3.8) is 0 Å². The van der Waals surface area contributed by atoms with Crippen molar-refractivity contribution >= 4 is 219 Å². The lowest BCUT2D eigenvalue weighted by Crippen LogP contribution is -2.25. The number of azo groups is 6. The minimum Gasteiger partial charge on any atom is -0.505 e. The predicted molar refractivity (Wildman–Crippen MR) is 571 cm³/mol. The van der Waals surface area contributed by atoms with E-state index in [1.165, 1.54) is 19.3 Å². The molecular formula is C95H128B3N14O20S6. The Kier molecular flexibility index (Phi) is 58.3. The van der Waals surface area contributed by atoms with Crippen LogP contribution in [0.2, 0.25) is 0 Å². The lowest BCUT2D eigenvalue weighted by Gasteiger charge is -2.24. The number of nitrogen functional groups attached to an aromatic ring is 2. The number of nitrogens with two attached hydrogens (primary N) is 2. The number of benzene rings is 13. The standard InChI is InChI=1S/C26H18B3N4O6S2.2C22H19N5O7S2.3C3H8.8C2H6/c27-23-22-17(14-21(41(37,38)39)26(24(22)29-28)33-30-18-8-2-1-3-9-18)13-20(40(34,35)36)25(23)32-31-19-11-10-15-6-4-5-7-16(15)12-19;2*23-19-18-13(11-16(35(29,30)31)20(19)26-24-14-7-3-1-4-8-14)12-17(36(32,33)34)21(22(18)28)27-25-15-9-5-2-6-10-15;3*1-3-2;8*1-2/h1-14,34-36H,(H,37,38,39);1-12,28,32-34H,23H2,(H,29,30,31);1-12,28-31H,23H2,(H,32,33,34);3*3H2,1-2H3;8*1-2H3. The lowest BCUT2D eigenvalue weighted by molar-refractivity contribution is 0.373. The second kappa shape index (κ2) is 63.7. The van der Waals surface area contributed by atoms with Crippen LogP contribution in [0.1, 0.15) is 172 Å². The Morgan fingerprint density at radius 1 is 0.261 bits per heavy atom. The molecule has 0 aromatic heterocycles. The summed E-state index contributed by atoms with van der Waals surface area (Å²) in [7, 11) is -14.7. The summed E-state index contributed by atoms with van der Waals surface area (Å²) in [5, 5.41) is 70.9. The first-order chi connectivity index (χ1) is 65.6. The van der Waals surface area contributed by atoms with Gasteiger partial charge in [-0.25, -0.2) is 0 Å². The molecule has 18 N–H and O–H groups in total. The van der Waals surface area contributed by atoms with Crippen molar-refractivity contribution in [3.8, 4) is 11.5 Å². The highest BCUT2D eigenvalue weighted by atomic mass is 32.3. The van der Waals surface area contributed by atoms with Crippen molar-refractivity contribution in [2.24, 2.45) is 61.4 Å². The molecular weight excluding hydrogens is 1880 g/mol. The van der Waals surface area contributed by atoms with Crippen LogP contribution in [0.5, 0.6) is 11.5 Å². The molecule has 0 bridgehead atoms. The van der Waals surface area contributed by atoms with Crippen molar-refractivity contribution in [1.29, 1.82) is 0 Å². The molecule has 13 aromatic rings. The molecule has 13 aromatic carbocycles. The third kappa shape index (κ3) is 37.6. The molecule has 13 rings (SSSR count). The van der Waals surface area contributed by atoms with E-state index >= 15 is 0 Å². The molecule has 0 aliphatic carbocycles. The second-order valence-corrected chi connectivity index (χ2v) is 34.3. The number of aromatic hydroxyl groups is 2. The number of anilines is 2. The third-order valence-electron chi connectivity index (χ3n) is 16.0. The molecule has 0 aliphatic heterocycles. The second-order valence-electron chi connectivity index (χ2n) is 25.7. The molecule has 0 heterocycles. The molecule has 34 nitrogen and oxygen atoms in total. The summed E-state index contributed by atoms with van der Waals surface area (Å²) in [6.07, 6.45) is 3.75. The number of nitrogens with zero attached hydrogens (tertiary/aromatic N) is 12. The van der Waals surface area contributed by atoms with E-state index < -0.39 is 127 Å². The molecule has 0 atom stereocenters. The van der Waals surface area contributed by atoms with Gasteiger partial charge >= 0.3 is 0 Å². The smallest absolute Gasteiger partial charge is 0.296 e.